The summed E-state index contributed by atoms with van der Waals surface area (Å²) in [5.41, 5.74) is 2.12. The number of nitrogens with one attached hydrogen (secondary N) is 1. The monoisotopic (exact) mass is 426 g/mol. The number of rotatable bonds is 7. The largest absolute Gasteiger partial charge is 0.464 e. The van der Waals surface area contributed by atoms with E-state index in [0.717, 1.165) is 0 Å². The van der Waals surface area contributed by atoms with E-state index in [1.807, 2.05) is 0 Å². The summed E-state index contributed by atoms with van der Waals surface area (Å²) in [5.74, 6) is -1.72. The number of ketones is 1. The van der Waals surface area contributed by atoms with Gasteiger partial charge < -0.3 is 19.0 Å². The highest BCUT2D eigenvalue weighted by molar-refractivity contribution is 6.07. The SMILES string of the molecule is COC(=O)c1[nH]c(C)c(C(=O)[C@H](C)N(Cc2ccc(F)cc2)C(=O)c2ccco2)c1C. The van der Waals surface area contributed by atoms with Crippen molar-refractivity contribution in [1.82, 2.24) is 9.88 Å². The first kappa shape index (κ1) is 22.0. The lowest BCUT2D eigenvalue weighted by atomic mass is 9.99. The Morgan fingerprint density at radius 1 is 1.16 bits per heavy atom. The van der Waals surface area contributed by atoms with Crippen LogP contribution in [-0.2, 0) is 11.3 Å². The van der Waals surface area contributed by atoms with Crippen molar-refractivity contribution in [2.45, 2.75) is 33.4 Å². The Bertz CT molecular complexity index is 1100. The minimum Gasteiger partial charge on any atom is -0.464 e. The van der Waals surface area contributed by atoms with Gasteiger partial charge in [0.1, 0.15) is 11.5 Å². The molecule has 0 bridgehead atoms. The number of amides is 1. The third-order valence-electron chi connectivity index (χ3n) is 5.18. The number of ether oxygens (including phenoxy) is 1. The lowest BCUT2D eigenvalue weighted by Gasteiger charge is -2.28. The standard InChI is InChI=1S/C23H23FN2O5/c1-13-19(14(2)25-20(13)23(29)30-4)21(27)15(3)26(22(28)18-6-5-11-31-18)12-16-7-9-17(24)10-8-16/h5-11,15,25H,12H2,1-4H3/t15-/m0/s1. The summed E-state index contributed by atoms with van der Waals surface area (Å²) in [4.78, 5) is 42.8. The van der Waals surface area contributed by atoms with Crippen LogP contribution >= 0.6 is 0 Å². The van der Waals surface area contributed by atoms with Crippen LogP contribution in [0, 0.1) is 19.7 Å². The number of hydrogen-bond acceptors (Lipinski definition) is 5. The van der Waals surface area contributed by atoms with Crippen molar-refractivity contribution in [1.29, 1.82) is 0 Å². The highest BCUT2D eigenvalue weighted by atomic mass is 19.1. The fourth-order valence-corrected chi connectivity index (χ4v) is 3.49. The smallest absolute Gasteiger partial charge is 0.354 e. The zero-order chi connectivity index (χ0) is 22.7. The van der Waals surface area contributed by atoms with E-state index in [1.165, 1.54) is 36.5 Å². The van der Waals surface area contributed by atoms with E-state index in [1.54, 1.807) is 39.0 Å². The van der Waals surface area contributed by atoms with Crippen LogP contribution in [-0.4, -0.2) is 40.7 Å². The number of carbonyl (C=O) groups is 3. The average Bonchev–Trinajstić information content (AvgIpc) is 3.39. The van der Waals surface area contributed by atoms with Gasteiger partial charge in [-0.25, -0.2) is 9.18 Å². The third-order valence-corrected chi connectivity index (χ3v) is 5.18. The molecular formula is C23H23FN2O5. The molecule has 0 unspecified atom stereocenters. The van der Waals surface area contributed by atoms with Gasteiger partial charge in [-0.05, 0) is 56.2 Å². The maximum Gasteiger partial charge on any atom is 0.354 e. The van der Waals surface area contributed by atoms with E-state index in [9.17, 15) is 18.8 Å². The molecule has 0 saturated heterocycles. The lowest BCUT2D eigenvalue weighted by molar-refractivity contribution is 0.0583. The van der Waals surface area contributed by atoms with Crippen molar-refractivity contribution in [3.8, 4) is 0 Å². The number of aromatic amines is 1. The van der Waals surface area contributed by atoms with Crippen LogP contribution in [0.25, 0.3) is 0 Å². The summed E-state index contributed by atoms with van der Waals surface area (Å²) in [6.45, 7) is 5.00. The van der Waals surface area contributed by atoms with Crippen molar-refractivity contribution >= 4 is 17.7 Å². The summed E-state index contributed by atoms with van der Waals surface area (Å²) in [6.07, 6.45) is 1.37. The summed E-state index contributed by atoms with van der Waals surface area (Å²) < 4.78 is 23.3. The molecule has 1 atom stereocenters. The fraction of sp³-hybridized carbons (Fsp3) is 0.261. The van der Waals surface area contributed by atoms with Gasteiger partial charge in [-0.3, -0.25) is 9.59 Å². The molecule has 31 heavy (non-hydrogen) atoms. The summed E-state index contributed by atoms with van der Waals surface area (Å²) in [5, 5.41) is 0. The maximum atomic E-state index is 13.4. The van der Waals surface area contributed by atoms with Crippen LogP contribution in [0.4, 0.5) is 4.39 Å². The molecule has 3 rings (SSSR count). The molecule has 162 valence electrons. The number of H-pyrrole nitrogens is 1. The zero-order valence-electron chi connectivity index (χ0n) is 17.7. The van der Waals surface area contributed by atoms with Gasteiger partial charge in [0.2, 0.25) is 0 Å². The molecule has 2 aromatic heterocycles. The first-order valence-corrected chi connectivity index (χ1v) is 9.65. The maximum absolute atomic E-state index is 13.4. The van der Waals surface area contributed by atoms with Gasteiger partial charge in [-0.15, -0.1) is 0 Å². The van der Waals surface area contributed by atoms with Gasteiger partial charge in [0.15, 0.2) is 11.5 Å². The van der Waals surface area contributed by atoms with Crippen molar-refractivity contribution in [3.63, 3.8) is 0 Å². The number of aryl methyl sites for hydroxylation is 1. The number of carbonyl (C=O) groups excluding carboxylic acids is 3. The van der Waals surface area contributed by atoms with Gasteiger partial charge in [-0.2, -0.15) is 0 Å². The Balaban J connectivity index is 1.97. The van der Waals surface area contributed by atoms with Crippen molar-refractivity contribution in [3.05, 3.63) is 82.3 Å². The van der Waals surface area contributed by atoms with Gasteiger partial charge in [-0.1, -0.05) is 12.1 Å². The molecule has 0 aliphatic rings. The Kier molecular flexibility index (Phi) is 6.39. The lowest BCUT2D eigenvalue weighted by Crippen LogP contribution is -2.43. The van der Waals surface area contributed by atoms with E-state index in [0.29, 0.717) is 22.4 Å². The van der Waals surface area contributed by atoms with Crippen molar-refractivity contribution in [2.24, 2.45) is 0 Å². The van der Waals surface area contributed by atoms with Crippen LogP contribution in [0.2, 0.25) is 0 Å². The minimum atomic E-state index is -0.888. The molecule has 3 aromatic rings. The fourth-order valence-electron chi connectivity index (χ4n) is 3.49. The van der Waals surface area contributed by atoms with Crippen LogP contribution in [0.15, 0.2) is 47.1 Å². The average molecular weight is 426 g/mol. The van der Waals surface area contributed by atoms with E-state index in [4.69, 9.17) is 9.15 Å². The van der Waals surface area contributed by atoms with Gasteiger partial charge in [0.05, 0.1) is 19.4 Å². The van der Waals surface area contributed by atoms with Crippen LogP contribution in [0.3, 0.4) is 0 Å². The molecule has 1 aromatic carbocycles. The Morgan fingerprint density at radius 3 is 2.42 bits per heavy atom. The number of benzene rings is 1. The summed E-state index contributed by atoms with van der Waals surface area (Å²) >= 11 is 0. The molecule has 0 radical (unpaired) electrons. The highest BCUT2D eigenvalue weighted by Crippen LogP contribution is 2.24. The molecule has 0 fully saturated rings. The number of halogens is 1. The Hall–Kier alpha value is -3.68. The number of aromatic nitrogens is 1. The number of furan rings is 1. The number of methoxy groups -OCH3 is 1. The molecule has 0 aliphatic carbocycles. The van der Waals surface area contributed by atoms with Gasteiger partial charge in [0, 0.05) is 17.8 Å². The predicted octanol–water partition coefficient (Wildman–Crippen LogP) is 4.06. The van der Waals surface area contributed by atoms with Crippen LogP contribution < -0.4 is 0 Å². The van der Waals surface area contributed by atoms with E-state index < -0.39 is 23.7 Å². The molecule has 0 spiro atoms. The number of hydrogen-bond donors (Lipinski definition) is 1. The molecular weight excluding hydrogens is 403 g/mol. The highest BCUT2D eigenvalue weighted by Gasteiger charge is 2.32. The number of Topliss-reactive ketones (excluding diaryl/α,β-unsaturated/α-hetero) is 1. The molecule has 1 N–H and O–H groups in total. The van der Waals surface area contributed by atoms with Gasteiger partial charge >= 0.3 is 5.97 Å². The summed E-state index contributed by atoms with van der Waals surface area (Å²) in [7, 11) is 1.26. The second kappa shape index (κ2) is 8.99. The Labute approximate surface area is 178 Å². The quantitative estimate of drug-likeness (QED) is 0.454. The van der Waals surface area contributed by atoms with Gasteiger partial charge in [0.25, 0.3) is 5.91 Å². The van der Waals surface area contributed by atoms with E-state index in [-0.39, 0.29) is 23.8 Å². The van der Waals surface area contributed by atoms with Crippen LogP contribution in [0.1, 0.15) is 55.1 Å². The predicted molar refractivity (Wildman–Crippen MR) is 110 cm³/mol. The Morgan fingerprint density at radius 2 is 1.84 bits per heavy atom. The number of esters is 1. The second-order valence-corrected chi connectivity index (χ2v) is 7.19. The molecule has 1 amide bonds. The minimum absolute atomic E-state index is 0.0685. The normalized spacial score (nSPS) is 11.8. The van der Waals surface area contributed by atoms with E-state index >= 15 is 0 Å². The third kappa shape index (κ3) is 4.42. The first-order chi connectivity index (χ1) is 14.7. The zero-order valence-corrected chi connectivity index (χ0v) is 17.7. The molecule has 8 heteroatoms. The molecule has 0 aliphatic heterocycles. The van der Waals surface area contributed by atoms with E-state index in [2.05, 4.69) is 4.98 Å². The van der Waals surface area contributed by atoms with Crippen LogP contribution in [0.5, 0.6) is 0 Å². The number of nitrogens with zero attached hydrogens (tertiary/aromatic N) is 1. The van der Waals surface area contributed by atoms with Crippen molar-refractivity contribution < 1.29 is 27.9 Å². The molecule has 0 saturated carbocycles. The van der Waals surface area contributed by atoms with Crippen molar-refractivity contribution in [2.75, 3.05) is 7.11 Å². The summed E-state index contributed by atoms with van der Waals surface area (Å²) in [6, 6.07) is 7.90. The molecule has 2 heterocycles. The first-order valence-electron chi connectivity index (χ1n) is 9.65. The second-order valence-electron chi connectivity index (χ2n) is 7.19. The molecule has 7 nitrogen and oxygen atoms in total. The topological polar surface area (TPSA) is 92.6 Å².